The van der Waals surface area contributed by atoms with E-state index in [1.807, 2.05) is 35.1 Å². The number of piperazine rings is 1. The molecule has 6 rings (SSSR count). The molecule has 5 heterocycles. The molecule has 4 aromatic heterocycles. The van der Waals surface area contributed by atoms with E-state index in [0.717, 1.165) is 60.1 Å². The summed E-state index contributed by atoms with van der Waals surface area (Å²) in [7, 11) is 0. The normalized spacial score (nSPS) is 14.5. The Balaban J connectivity index is 1.42. The molecule has 0 bridgehead atoms. The van der Waals surface area contributed by atoms with Gasteiger partial charge in [-0.05, 0) is 50.6 Å². The van der Waals surface area contributed by atoms with Crippen LogP contribution in [0, 0.1) is 6.92 Å². The van der Waals surface area contributed by atoms with E-state index in [2.05, 4.69) is 51.6 Å². The van der Waals surface area contributed by atoms with Crippen molar-refractivity contribution in [2.24, 2.45) is 0 Å². The van der Waals surface area contributed by atoms with Crippen molar-refractivity contribution in [2.45, 2.75) is 26.8 Å². The zero-order chi connectivity index (χ0) is 24.1. The predicted octanol–water partition coefficient (Wildman–Crippen LogP) is 3.83. The molecule has 0 aliphatic carbocycles. The third-order valence-electron chi connectivity index (χ3n) is 6.50. The highest BCUT2D eigenvalue weighted by Gasteiger charge is 2.26. The summed E-state index contributed by atoms with van der Waals surface area (Å²) in [6.45, 7) is 9.69. The maximum absolute atomic E-state index is 5.77. The molecule has 35 heavy (non-hydrogen) atoms. The van der Waals surface area contributed by atoms with Gasteiger partial charge in [0.1, 0.15) is 29.2 Å². The maximum Gasteiger partial charge on any atom is 0.292 e. The smallest absolute Gasteiger partial charge is 0.292 e. The molecule has 0 atom stereocenters. The number of nitrogen functional groups attached to an aromatic ring is 1. The first kappa shape index (κ1) is 21.3. The molecule has 0 radical (unpaired) electrons. The van der Waals surface area contributed by atoms with Crippen LogP contribution in [0.25, 0.3) is 33.4 Å². The number of fused-ring (bicyclic) bond motifs is 2. The molecule has 2 N–H and O–H groups in total. The Hall–Kier alpha value is -4.21. The van der Waals surface area contributed by atoms with Crippen LogP contribution in [0.4, 0.5) is 17.7 Å². The minimum atomic E-state index is 0.143. The lowest BCUT2D eigenvalue weighted by Gasteiger charge is -2.36. The van der Waals surface area contributed by atoms with Gasteiger partial charge < -0.3 is 20.0 Å². The van der Waals surface area contributed by atoms with E-state index in [4.69, 9.17) is 20.2 Å². The second-order valence-electron chi connectivity index (χ2n) is 9.14. The Morgan fingerprint density at radius 3 is 2.49 bits per heavy atom. The fourth-order valence-corrected chi connectivity index (χ4v) is 4.79. The van der Waals surface area contributed by atoms with Gasteiger partial charge in [0.2, 0.25) is 0 Å². The summed E-state index contributed by atoms with van der Waals surface area (Å²) in [4.78, 5) is 22.9. The van der Waals surface area contributed by atoms with Gasteiger partial charge in [-0.3, -0.25) is 0 Å². The quantitative estimate of drug-likeness (QED) is 0.419. The zero-order valence-corrected chi connectivity index (χ0v) is 20.0. The SMILES string of the molecule is Cc1cccnc1N1CCN(c2ncnc3c2c(-c2ccc4oc(N)nc4c2)nn3C(C)C)CC1. The number of rotatable bonds is 4. The predicted molar refractivity (Wildman–Crippen MR) is 137 cm³/mol. The molecule has 1 aliphatic rings. The van der Waals surface area contributed by atoms with Gasteiger partial charge in [-0.15, -0.1) is 0 Å². The molecular weight excluding hydrogens is 442 g/mol. The van der Waals surface area contributed by atoms with Crippen molar-refractivity contribution < 1.29 is 4.42 Å². The van der Waals surface area contributed by atoms with Crippen LogP contribution < -0.4 is 15.5 Å². The second-order valence-corrected chi connectivity index (χ2v) is 9.14. The van der Waals surface area contributed by atoms with Crippen molar-refractivity contribution in [3.63, 3.8) is 0 Å². The summed E-state index contributed by atoms with van der Waals surface area (Å²) in [5, 5.41) is 5.92. The van der Waals surface area contributed by atoms with Gasteiger partial charge in [0.05, 0.1) is 5.39 Å². The number of nitrogens with two attached hydrogens (primary N) is 1. The third kappa shape index (κ3) is 3.61. The van der Waals surface area contributed by atoms with Gasteiger partial charge >= 0.3 is 0 Å². The number of hydrogen-bond donors (Lipinski definition) is 1. The minimum Gasteiger partial charge on any atom is -0.424 e. The van der Waals surface area contributed by atoms with E-state index < -0.39 is 0 Å². The number of nitrogens with zero attached hydrogens (tertiary/aromatic N) is 8. The van der Waals surface area contributed by atoms with Crippen LogP contribution in [-0.2, 0) is 0 Å². The summed E-state index contributed by atoms with van der Waals surface area (Å²) in [6, 6.07) is 10.2. The molecule has 0 amide bonds. The molecule has 10 nitrogen and oxygen atoms in total. The number of aromatic nitrogens is 6. The van der Waals surface area contributed by atoms with Crippen LogP contribution in [0.5, 0.6) is 0 Å². The fraction of sp³-hybridized carbons (Fsp3) is 0.320. The van der Waals surface area contributed by atoms with Gasteiger partial charge in [-0.25, -0.2) is 19.6 Å². The van der Waals surface area contributed by atoms with Crippen molar-refractivity contribution in [3.05, 3.63) is 48.4 Å². The maximum atomic E-state index is 5.77. The van der Waals surface area contributed by atoms with Crippen LogP contribution in [0.2, 0.25) is 0 Å². The molecule has 10 heteroatoms. The van der Waals surface area contributed by atoms with E-state index in [-0.39, 0.29) is 12.1 Å². The molecule has 1 saturated heterocycles. The molecule has 5 aromatic rings. The topological polar surface area (TPSA) is 115 Å². The highest BCUT2D eigenvalue weighted by atomic mass is 16.4. The van der Waals surface area contributed by atoms with Crippen molar-refractivity contribution in [1.82, 2.24) is 29.7 Å². The Bertz CT molecular complexity index is 1530. The summed E-state index contributed by atoms with van der Waals surface area (Å²) in [5.41, 5.74) is 10.9. The Kier molecular flexibility index (Phi) is 5.01. The van der Waals surface area contributed by atoms with Gasteiger partial charge in [-0.1, -0.05) is 6.07 Å². The van der Waals surface area contributed by atoms with Gasteiger partial charge in [0.15, 0.2) is 11.2 Å². The first-order valence-electron chi connectivity index (χ1n) is 11.8. The van der Waals surface area contributed by atoms with Crippen molar-refractivity contribution in [3.8, 4) is 11.3 Å². The van der Waals surface area contributed by atoms with Crippen LogP contribution in [0.3, 0.4) is 0 Å². The standard InChI is InChI=1S/C25H27N9O/c1-15(2)34-24-20(21(31-34)17-6-7-19-18(13-17)30-25(26)35-19)23(28-14-29-24)33-11-9-32(10-12-33)22-16(3)5-4-8-27-22/h4-8,13-15H,9-12H2,1-3H3,(H2,26,30). The molecule has 0 spiro atoms. The summed E-state index contributed by atoms with van der Waals surface area (Å²) < 4.78 is 7.42. The summed E-state index contributed by atoms with van der Waals surface area (Å²) >= 11 is 0. The number of benzene rings is 1. The van der Waals surface area contributed by atoms with Crippen LogP contribution in [0.1, 0.15) is 25.5 Å². The molecule has 1 aliphatic heterocycles. The highest BCUT2D eigenvalue weighted by molar-refractivity contribution is 6.00. The number of anilines is 3. The molecule has 0 saturated carbocycles. The lowest BCUT2D eigenvalue weighted by Crippen LogP contribution is -2.47. The lowest BCUT2D eigenvalue weighted by atomic mass is 10.1. The monoisotopic (exact) mass is 469 g/mol. The van der Waals surface area contributed by atoms with E-state index in [1.54, 1.807) is 6.33 Å². The largest absolute Gasteiger partial charge is 0.424 e. The number of hydrogen-bond acceptors (Lipinski definition) is 9. The molecule has 178 valence electrons. The van der Waals surface area contributed by atoms with Crippen molar-refractivity contribution in [1.29, 1.82) is 0 Å². The van der Waals surface area contributed by atoms with E-state index in [9.17, 15) is 0 Å². The second kappa shape index (κ2) is 8.23. The molecule has 0 unspecified atom stereocenters. The minimum absolute atomic E-state index is 0.143. The number of pyridine rings is 1. The van der Waals surface area contributed by atoms with E-state index in [1.165, 1.54) is 5.56 Å². The lowest BCUT2D eigenvalue weighted by molar-refractivity contribution is 0.548. The van der Waals surface area contributed by atoms with Crippen molar-refractivity contribution in [2.75, 3.05) is 41.7 Å². The highest BCUT2D eigenvalue weighted by Crippen LogP contribution is 2.36. The number of aryl methyl sites for hydroxylation is 1. The van der Waals surface area contributed by atoms with E-state index >= 15 is 0 Å². The number of oxazole rings is 1. The van der Waals surface area contributed by atoms with Crippen LogP contribution >= 0.6 is 0 Å². The molecular formula is C25H27N9O. The fourth-order valence-electron chi connectivity index (χ4n) is 4.79. The van der Waals surface area contributed by atoms with Gasteiger partial charge in [-0.2, -0.15) is 10.1 Å². The summed E-state index contributed by atoms with van der Waals surface area (Å²) in [6.07, 6.45) is 3.49. The van der Waals surface area contributed by atoms with Gasteiger partial charge in [0.25, 0.3) is 6.01 Å². The Labute approximate surface area is 202 Å². The molecule has 1 fully saturated rings. The third-order valence-corrected chi connectivity index (χ3v) is 6.50. The van der Waals surface area contributed by atoms with Gasteiger partial charge in [0, 0.05) is 44.0 Å². The average Bonchev–Trinajstić information content (AvgIpc) is 3.44. The van der Waals surface area contributed by atoms with Crippen LogP contribution in [0.15, 0.2) is 47.3 Å². The van der Waals surface area contributed by atoms with Crippen LogP contribution in [-0.4, -0.2) is 55.9 Å². The summed E-state index contributed by atoms with van der Waals surface area (Å²) in [5.74, 6) is 1.95. The Morgan fingerprint density at radius 2 is 1.74 bits per heavy atom. The van der Waals surface area contributed by atoms with E-state index in [0.29, 0.717) is 11.1 Å². The Morgan fingerprint density at radius 1 is 0.971 bits per heavy atom. The first-order chi connectivity index (χ1) is 17.0. The first-order valence-corrected chi connectivity index (χ1v) is 11.8. The molecule has 1 aromatic carbocycles. The average molecular weight is 470 g/mol. The zero-order valence-electron chi connectivity index (χ0n) is 20.0. The van der Waals surface area contributed by atoms with Crippen molar-refractivity contribution >= 4 is 39.8 Å².